The standard InChI is InChI=1S/C6H11ClN4/c1-2-3-4-5-6-8-9-10-11(6)7/h2-5H2,1H3. The number of rotatable bonds is 4. The van der Waals surface area contributed by atoms with Gasteiger partial charge >= 0.3 is 0 Å². The second kappa shape index (κ2) is 4.28. The Morgan fingerprint density at radius 1 is 1.45 bits per heavy atom. The van der Waals surface area contributed by atoms with Crippen LogP contribution in [0.25, 0.3) is 0 Å². The minimum atomic E-state index is 0.750. The van der Waals surface area contributed by atoms with Gasteiger partial charge in [0.25, 0.3) is 0 Å². The third-order valence-corrected chi connectivity index (χ3v) is 1.76. The molecule has 0 aliphatic rings. The van der Waals surface area contributed by atoms with E-state index in [-0.39, 0.29) is 0 Å². The van der Waals surface area contributed by atoms with Crippen LogP contribution < -0.4 is 0 Å². The van der Waals surface area contributed by atoms with Crippen molar-refractivity contribution in [2.45, 2.75) is 32.6 Å². The number of tetrazole rings is 1. The lowest BCUT2D eigenvalue weighted by atomic mass is 10.2. The van der Waals surface area contributed by atoms with Crippen LogP contribution in [0.4, 0.5) is 0 Å². The van der Waals surface area contributed by atoms with Crippen molar-refractivity contribution in [1.82, 2.24) is 19.7 Å². The topological polar surface area (TPSA) is 43.6 Å². The second-order valence-corrected chi connectivity index (χ2v) is 2.73. The molecule has 0 saturated heterocycles. The van der Waals surface area contributed by atoms with Crippen LogP contribution in [-0.2, 0) is 6.42 Å². The summed E-state index contributed by atoms with van der Waals surface area (Å²) in [6.07, 6.45) is 4.36. The molecule has 0 N–H and O–H groups in total. The highest BCUT2D eigenvalue weighted by Gasteiger charge is 2.01. The van der Waals surface area contributed by atoms with Gasteiger partial charge in [0.1, 0.15) is 0 Å². The maximum Gasteiger partial charge on any atom is 0.169 e. The number of hydrogen-bond donors (Lipinski definition) is 0. The number of hydrogen-bond acceptors (Lipinski definition) is 3. The van der Waals surface area contributed by atoms with Gasteiger partial charge in [-0.25, -0.2) is 0 Å². The highest BCUT2D eigenvalue weighted by atomic mass is 35.5. The van der Waals surface area contributed by atoms with Gasteiger partial charge in [-0.2, -0.15) is 0 Å². The van der Waals surface area contributed by atoms with Crippen molar-refractivity contribution >= 4 is 11.8 Å². The monoisotopic (exact) mass is 174 g/mol. The van der Waals surface area contributed by atoms with Crippen LogP contribution in [0.3, 0.4) is 0 Å². The van der Waals surface area contributed by atoms with E-state index in [1.807, 2.05) is 0 Å². The van der Waals surface area contributed by atoms with Crippen LogP contribution >= 0.6 is 11.8 Å². The molecule has 0 saturated carbocycles. The zero-order chi connectivity index (χ0) is 8.10. The minimum absolute atomic E-state index is 0.750. The summed E-state index contributed by atoms with van der Waals surface area (Å²) in [6.45, 7) is 2.16. The summed E-state index contributed by atoms with van der Waals surface area (Å²) < 4.78 is 1.20. The number of halogens is 1. The Kier molecular flexibility index (Phi) is 3.29. The van der Waals surface area contributed by atoms with Crippen molar-refractivity contribution in [3.05, 3.63) is 5.82 Å². The normalized spacial score (nSPS) is 10.4. The summed E-state index contributed by atoms with van der Waals surface area (Å²) in [5.74, 6) is 0.750. The van der Waals surface area contributed by atoms with Crippen LogP contribution in [0.15, 0.2) is 0 Å². The third-order valence-electron chi connectivity index (χ3n) is 1.50. The second-order valence-electron chi connectivity index (χ2n) is 2.41. The van der Waals surface area contributed by atoms with E-state index in [1.165, 1.54) is 17.0 Å². The van der Waals surface area contributed by atoms with Gasteiger partial charge in [-0.05, 0) is 16.8 Å². The van der Waals surface area contributed by atoms with Gasteiger partial charge in [-0.1, -0.05) is 19.8 Å². The lowest BCUT2D eigenvalue weighted by Gasteiger charge is -1.94. The van der Waals surface area contributed by atoms with Gasteiger partial charge in [0.2, 0.25) is 0 Å². The molecule has 0 unspecified atom stereocenters. The third kappa shape index (κ3) is 2.46. The van der Waals surface area contributed by atoms with E-state index in [0.717, 1.165) is 18.7 Å². The van der Waals surface area contributed by atoms with Crippen LogP contribution in [0.1, 0.15) is 32.0 Å². The number of aryl methyl sites for hydroxylation is 1. The average Bonchev–Trinajstić information content (AvgIpc) is 2.37. The van der Waals surface area contributed by atoms with Gasteiger partial charge in [-0.3, -0.25) is 0 Å². The van der Waals surface area contributed by atoms with Crippen LogP contribution in [-0.4, -0.2) is 19.7 Å². The van der Waals surface area contributed by atoms with Crippen LogP contribution in [0, 0.1) is 0 Å². The first kappa shape index (κ1) is 8.46. The maximum absolute atomic E-state index is 5.60. The summed E-state index contributed by atoms with van der Waals surface area (Å²) >= 11 is 5.60. The van der Waals surface area contributed by atoms with E-state index in [0.29, 0.717) is 0 Å². The first-order valence-electron chi connectivity index (χ1n) is 3.78. The molecule has 11 heavy (non-hydrogen) atoms. The zero-order valence-corrected chi connectivity index (χ0v) is 7.25. The SMILES string of the molecule is CCCCCc1nnnn1Cl. The van der Waals surface area contributed by atoms with Gasteiger partial charge < -0.3 is 0 Å². The van der Waals surface area contributed by atoms with Gasteiger partial charge in [-0.15, -0.1) is 9.30 Å². The predicted octanol–water partition coefficient (Wildman–Crippen LogP) is 1.41. The first-order chi connectivity index (χ1) is 5.34. The van der Waals surface area contributed by atoms with Crippen molar-refractivity contribution in [2.75, 3.05) is 0 Å². The lowest BCUT2D eigenvalue weighted by Crippen LogP contribution is -1.94. The molecule has 0 bridgehead atoms. The molecule has 62 valence electrons. The molecule has 0 fully saturated rings. The molecule has 0 aliphatic heterocycles. The summed E-state index contributed by atoms with van der Waals surface area (Å²) in [5.41, 5.74) is 0. The summed E-state index contributed by atoms with van der Waals surface area (Å²) in [5, 5.41) is 10.7. The molecule has 5 heteroatoms. The first-order valence-corrected chi connectivity index (χ1v) is 4.11. The van der Waals surface area contributed by atoms with Crippen molar-refractivity contribution < 1.29 is 0 Å². The Balaban J connectivity index is 2.32. The summed E-state index contributed by atoms with van der Waals surface area (Å²) in [7, 11) is 0. The van der Waals surface area contributed by atoms with Crippen molar-refractivity contribution in [2.24, 2.45) is 0 Å². The molecule has 4 nitrogen and oxygen atoms in total. The zero-order valence-electron chi connectivity index (χ0n) is 6.50. The molecule has 1 aromatic heterocycles. The maximum atomic E-state index is 5.60. The molecular weight excluding hydrogens is 164 g/mol. The van der Waals surface area contributed by atoms with Crippen molar-refractivity contribution in [3.8, 4) is 0 Å². The highest BCUT2D eigenvalue weighted by molar-refractivity contribution is 6.14. The molecule has 0 aromatic carbocycles. The van der Waals surface area contributed by atoms with E-state index < -0.39 is 0 Å². The molecular formula is C6H11ClN4. The Hall–Kier alpha value is -0.640. The van der Waals surface area contributed by atoms with Crippen molar-refractivity contribution in [1.29, 1.82) is 0 Å². The van der Waals surface area contributed by atoms with Gasteiger partial charge in [0, 0.05) is 18.2 Å². The minimum Gasteiger partial charge on any atom is -0.136 e. The lowest BCUT2D eigenvalue weighted by molar-refractivity contribution is 0.687. The number of nitrogens with zero attached hydrogens (tertiary/aromatic N) is 4. The molecule has 0 radical (unpaired) electrons. The Bertz CT molecular complexity index is 210. The largest absolute Gasteiger partial charge is 0.169 e. The fourth-order valence-corrected chi connectivity index (χ4v) is 1.02. The van der Waals surface area contributed by atoms with E-state index in [2.05, 4.69) is 22.4 Å². The number of aromatic nitrogens is 4. The van der Waals surface area contributed by atoms with E-state index in [9.17, 15) is 0 Å². The smallest absolute Gasteiger partial charge is 0.136 e. The fourth-order valence-electron chi connectivity index (χ4n) is 0.871. The molecule has 0 atom stereocenters. The molecule has 0 amide bonds. The van der Waals surface area contributed by atoms with E-state index in [4.69, 9.17) is 11.8 Å². The van der Waals surface area contributed by atoms with E-state index >= 15 is 0 Å². The summed E-state index contributed by atoms with van der Waals surface area (Å²) in [4.78, 5) is 0. The summed E-state index contributed by atoms with van der Waals surface area (Å²) in [6, 6.07) is 0. The quantitative estimate of drug-likeness (QED) is 0.649. The highest BCUT2D eigenvalue weighted by Crippen LogP contribution is 2.02. The predicted molar refractivity (Wildman–Crippen MR) is 42.3 cm³/mol. The molecule has 0 spiro atoms. The van der Waals surface area contributed by atoms with Gasteiger partial charge in [0.15, 0.2) is 5.82 Å². The Morgan fingerprint density at radius 2 is 2.27 bits per heavy atom. The average molecular weight is 175 g/mol. The number of unbranched alkanes of at least 4 members (excludes halogenated alkanes) is 2. The molecule has 1 aromatic rings. The van der Waals surface area contributed by atoms with Crippen LogP contribution in [0.5, 0.6) is 0 Å². The van der Waals surface area contributed by atoms with Crippen LogP contribution in [0.2, 0.25) is 0 Å². The molecule has 1 rings (SSSR count). The fraction of sp³-hybridized carbons (Fsp3) is 0.833. The van der Waals surface area contributed by atoms with Crippen molar-refractivity contribution in [3.63, 3.8) is 0 Å². The molecule has 0 aliphatic carbocycles. The Morgan fingerprint density at radius 3 is 2.82 bits per heavy atom. The van der Waals surface area contributed by atoms with Gasteiger partial charge in [0.05, 0.1) is 0 Å². The van der Waals surface area contributed by atoms with E-state index in [1.54, 1.807) is 0 Å². The Labute approximate surface area is 70.7 Å². The molecule has 1 heterocycles.